The number of halogens is 1. The predicted octanol–water partition coefficient (Wildman–Crippen LogP) is 1.82. The van der Waals surface area contributed by atoms with Gasteiger partial charge in [0.05, 0.1) is 23.8 Å². The van der Waals surface area contributed by atoms with Gasteiger partial charge in [-0.05, 0) is 50.8 Å². The molecule has 1 aliphatic carbocycles. The van der Waals surface area contributed by atoms with Crippen LogP contribution in [0.15, 0.2) is 23.1 Å². The van der Waals surface area contributed by atoms with E-state index in [0.29, 0.717) is 12.5 Å². The van der Waals surface area contributed by atoms with Crippen LogP contribution in [0.5, 0.6) is 0 Å². The topological polar surface area (TPSA) is 102 Å². The molecule has 2 unspecified atom stereocenters. The normalized spacial score (nSPS) is 22.9. The number of esters is 1. The number of sulfonamides is 1. The van der Waals surface area contributed by atoms with Crippen LogP contribution >= 0.6 is 11.6 Å². The molecule has 1 amide bonds. The minimum atomic E-state index is -3.91. The quantitative estimate of drug-likeness (QED) is 0.643. The first-order valence-electron chi connectivity index (χ1n) is 9.56. The molecule has 1 saturated carbocycles. The lowest BCUT2D eigenvalue weighted by molar-refractivity contribution is -0.142. The third-order valence-electron chi connectivity index (χ3n) is 4.77. The van der Waals surface area contributed by atoms with Gasteiger partial charge in [0.2, 0.25) is 10.0 Å². The van der Waals surface area contributed by atoms with E-state index in [-0.39, 0.29) is 47.3 Å². The Morgan fingerprint density at radius 2 is 1.90 bits per heavy atom. The van der Waals surface area contributed by atoms with E-state index < -0.39 is 21.9 Å². The number of rotatable bonds is 7. The number of amides is 1. The first-order valence-corrected chi connectivity index (χ1v) is 11.4. The number of nitrogens with zero attached hydrogens (tertiary/aromatic N) is 1. The lowest BCUT2D eigenvalue weighted by Gasteiger charge is -2.34. The molecule has 2 aliphatic rings. The molecule has 8 nitrogen and oxygen atoms in total. The van der Waals surface area contributed by atoms with Gasteiger partial charge in [-0.3, -0.25) is 9.59 Å². The van der Waals surface area contributed by atoms with Gasteiger partial charge in [-0.1, -0.05) is 11.6 Å². The van der Waals surface area contributed by atoms with E-state index in [1.165, 1.54) is 22.5 Å². The molecular formula is C19H25ClN2O6S. The predicted molar refractivity (Wildman–Crippen MR) is 106 cm³/mol. The van der Waals surface area contributed by atoms with Crippen LogP contribution < -0.4 is 5.32 Å². The van der Waals surface area contributed by atoms with Crippen molar-refractivity contribution in [2.75, 3.05) is 26.2 Å². The summed E-state index contributed by atoms with van der Waals surface area (Å²) in [6.45, 7) is 4.08. The highest BCUT2D eigenvalue weighted by molar-refractivity contribution is 7.89. The van der Waals surface area contributed by atoms with Gasteiger partial charge in [-0.2, -0.15) is 4.31 Å². The second kappa shape index (κ2) is 8.99. The SMILES string of the molecule is CC1CN(S(=O)(=O)c2cc(C(=O)NCC(=O)OCC3CC3)ccc2Cl)CC(C)O1. The van der Waals surface area contributed by atoms with E-state index in [0.717, 1.165) is 12.8 Å². The molecule has 0 spiro atoms. The van der Waals surface area contributed by atoms with Crippen molar-refractivity contribution >= 4 is 33.5 Å². The summed E-state index contributed by atoms with van der Waals surface area (Å²) in [5, 5.41) is 2.47. The molecule has 0 bridgehead atoms. The Balaban J connectivity index is 1.69. The second-order valence-electron chi connectivity index (χ2n) is 7.53. The second-order valence-corrected chi connectivity index (χ2v) is 9.85. The summed E-state index contributed by atoms with van der Waals surface area (Å²) < 4.78 is 38.1. The molecule has 2 atom stereocenters. The van der Waals surface area contributed by atoms with Crippen molar-refractivity contribution in [2.24, 2.45) is 5.92 Å². The Bertz CT molecular complexity index is 877. The van der Waals surface area contributed by atoms with Crippen molar-refractivity contribution in [2.45, 2.75) is 43.8 Å². The molecule has 2 fully saturated rings. The molecule has 29 heavy (non-hydrogen) atoms. The molecule has 1 saturated heterocycles. The fourth-order valence-corrected chi connectivity index (χ4v) is 5.20. The zero-order valence-electron chi connectivity index (χ0n) is 16.4. The zero-order chi connectivity index (χ0) is 21.2. The van der Waals surface area contributed by atoms with Crippen LogP contribution in [0.25, 0.3) is 0 Å². The number of hydrogen-bond donors (Lipinski definition) is 1. The summed E-state index contributed by atoms with van der Waals surface area (Å²) in [5.74, 6) is -0.669. The molecule has 1 aromatic rings. The zero-order valence-corrected chi connectivity index (χ0v) is 18.0. The Morgan fingerprint density at radius 1 is 1.24 bits per heavy atom. The molecule has 1 aromatic carbocycles. The number of morpholine rings is 1. The van der Waals surface area contributed by atoms with Crippen LogP contribution in [-0.4, -0.2) is 63.0 Å². The van der Waals surface area contributed by atoms with Crippen molar-refractivity contribution in [1.82, 2.24) is 9.62 Å². The number of hydrogen-bond acceptors (Lipinski definition) is 6. The van der Waals surface area contributed by atoms with Crippen molar-refractivity contribution in [3.63, 3.8) is 0 Å². The van der Waals surface area contributed by atoms with Gasteiger partial charge in [0.25, 0.3) is 5.91 Å². The number of carbonyl (C=O) groups excluding carboxylic acids is 2. The molecule has 0 radical (unpaired) electrons. The van der Waals surface area contributed by atoms with Crippen molar-refractivity contribution in [3.05, 3.63) is 28.8 Å². The molecule has 1 heterocycles. The van der Waals surface area contributed by atoms with Gasteiger partial charge in [0, 0.05) is 18.7 Å². The number of ether oxygens (including phenoxy) is 2. The Labute approximate surface area is 175 Å². The number of carbonyl (C=O) groups is 2. The van der Waals surface area contributed by atoms with Gasteiger partial charge in [0.15, 0.2) is 0 Å². The van der Waals surface area contributed by atoms with Crippen molar-refractivity contribution < 1.29 is 27.5 Å². The summed E-state index contributed by atoms with van der Waals surface area (Å²) in [6.07, 6.45) is 1.62. The van der Waals surface area contributed by atoms with E-state index in [1.54, 1.807) is 13.8 Å². The van der Waals surface area contributed by atoms with E-state index in [4.69, 9.17) is 21.1 Å². The smallest absolute Gasteiger partial charge is 0.325 e. The highest BCUT2D eigenvalue weighted by atomic mass is 35.5. The lowest BCUT2D eigenvalue weighted by atomic mass is 10.2. The van der Waals surface area contributed by atoms with Crippen LogP contribution in [-0.2, 0) is 24.3 Å². The van der Waals surface area contributed by atoms with E-state index >= 15 is 0 Å². The van der Waals surface area contributed by atoms with Crippen LogP contribution in [0.1, 0.15) is 37.0 Å². The maximum atomic E-state index is 13.1. The van der Waals surface area contributed by atoms with Gasteiger partial charge < -0.3 is 14.8 Å². The molecule has 1 N–H and O–H groups in total. The Kier molecular flexibility index (Phi) is 6.83. The van der Waals surface area contributed by atoms with Crippen LogP contribution in [0, 0.1) is 5.92 Å². The summed E-state index contributed by atoms with van der Waals surface area (Å²) in [7, 11) is -3.91. The number of benzene rings is 1. The van der Waals surface area contributed by atoms with Crippen molar-refractivity contribution in [1.29, 1.82) is 0 Å². The summed E-state index contributed by atoms with van der Waals surface area (Å²) in [4.78, 5) is 23.9. The molecular weight excluding hydrogens is 420 g/mol. The summed E-state index contributed by atoms with van der Waals surface area (Å²) in [5.41, 5.74) is 0.0947. The summed E-state index contributed by atoms with van der Waals surface area (Å²) >= 11 is 6.14. The van der Waals surface area contributed by atoms with Crippen LogP contribution in [0.2, 0.25) is 5.02 Å². The van der Waals surface area contributed by atoms with E-state index in [9.17, 15) is 18.0 Å². The summed E-state index contributed by atoms with van der Waals surface area (Å²) in [6, 6.07) is 4.01. The number of nitrogens with one attached hydrogen (secondary N) is 1. The molecule has 160 valence electrons. The monoisotopic (exact) mass is 444 g/mol. The molecule has 3 rings (SSSR count). The van der Waals surface area contributed by atoms with Gasteiger partial charge in [-0.15, -0.1) is 0 Å². The fraction of sp³-hybridized carbons (Fsp3) is 0.579. The van der Waals surface area contributed by atoms with E-state index in [1.807, 2.05) is 0 Å². The van der Waals surface area contributed by atoms with Crippen LogP contribution in [0.3, 0.4) is 0 Å². The van der Waals surface area contributed by atoms with Crippen molar-refractivity contribution in [3.8, 4) is 0 Å². The highest BCUT2D eigenvalue weighted by Crippen LogP contribution is 2.29. The Hall–Kier alpha value is -1.68. The molecule has 10 heteroatoms. The van der Waals surface area contributed by atoms with Gasteiger partial charge in [-0.25, -0.2) is 8.42 Å². The Morgan fingerprint density at radius 3 is 2.52 bits per heavy atom. The maximum Gasteiger partial charge on any atom is 0.325 e. The highest BCUT2D eigenvalue weighted by Gasteiger charge is 2.34. The van der Waals surface area contributed by atoms with Gasteiger partial charge in [0.1, 0.15) is 11.4 Å². The third-order valence-corrected chi connectivity index (χ3v) is 7.08. The minimum Gasteiger partial charge on any atom is -0.464 e. The largest absolute Gasteiger partial charge is 0.464 e. The molecule has 0 aromatic heterocycles. The first-order chi connectivity index (χ1) is 13.7. The van der Waals surface area contributed by atoms with Gasteiger partial charge >= 0.3 is 5.97 Å². The minimum absolute atomic E-state index is 0.0252. The van der Waals surface area contributed by atoms with E-state index in [2.05, 4.69) is 5.32 Å². The molecule has 1 aliphatic heterocycles. The fourth-order valence-electron chi connectivity index (χ4n) is 3.11. The van der Waals surface area contributed by atoms with Crippen LogP contribution in [0.4, 0.5) is 0 Å². The first kappa shape index (κ1) is 22.0. The standard InChI is InChI=1S/C19H25ClN2O6S/c1-12-9-22(10-13(2)28-12)29(25,26)17-7-15(5-6-16(17)20)19(24)21-8-18(23)27-11-14-3-4-14/h5-7,12-14H,3-4,8-11H2,1-2H3,(H,21,24). The maximum absolute atomic E-state index is 13.1. The average Bonchev–Trinajstić information content (AvgIpc) is 3.48. The lowest BCUT2D eigenvalue weighted by Crippen LogP contribution is -2.48. The average molecular weight is 445 g/mol. The third kappa shape index (κ3) is 5.69.